The second-order valence-corrected chi connectivity index (χ2v) is 11.5. The number of carbonyl (C=O) groups is 1. The number of rotatable bonds is 8. The molecule has 10 nitrogen and oxygen atoms in total. The van der Waals surface area contributed by atoms with E-state index in [1.165, 1.54) is 24.4 Å². The third kappa shape index (κ3) is 7.29. The molecule has 41 heavy (non-hydrogen) atoms. The molecule has 0 radical (unpaired) electrons. The molecule has 1 aliphatic heterocycles. The summed E-state index contributed by atoms with van der Waals surface area (Å²) in [6, 6.07) is 9.10. The summed E-state index contributed by atoms with van der Waals surface area (Å²) >= 11 is 7.10. The molecule has 1 aromatic carbocycles. The first-order valence-corrected chi connectivity index (χ1v) is 14.8. The molecule has 12 heteroatoms. The Labute approximate surface area is 248 Å². The van der Waals surface area contributed by atoms with Gasteiger partial charge in [0.25, 0.3) is 0 Å². The average Bonchev–Trinajstić information content (AvgIpc) is 3.69. The maximum Gasteiger partial charge on any atom is 0.211 e. The molecule has 0 bridgehead atoms. The molecule has 0 aliphatic carbocycles. The number of fused-ring (bicyclic) bond motifs is 1. The molecule has 4 aromatic heterocycles. The Morgan fingerprint density at radius 2 is 2.10 bits per heavy atom. The zero-order valence-electron chi connectivity index (χ0n) is 23.4. The van der Waals surface area contributed by atoms with Crippen molar-refractivity contribution in [1.82, 2.24) is 33.4 Å². The van der Waals surface area contributed by atoms with Crippen LogP contribution < -0.4 is 10.6 Å². The topological polar surface area (TPSA) is 105 Å². The molecule has 0 spiro atoms. The number of aromatic nitrogens is 6. The van der Waals surface area contributed by atoms with Gasteiger partial charge < -0.3 is 10.6 Å². The number of nitrogens with one attached hydrogen (secondary N) is 2. The summed E-state index contributed by atoms with van der Waals surface area (Å²) in [5.74, 6) is 1.52. The number of halogens is 1. The molecule has 2 N–H and O–H groups in total. The van der Waals surface area contributed by atoms with Crippen LogP contribution in [-0.4, -0.2) is 52.9 Å². The van der Waals surface area contributed by atoms with Crippen LogP contribution in [0.4, 0.5) is 16.5 Å². The molecular formula is C29H34ClN9OS. The van der Waals surface area contributed by atoms with Crippen LogP contribution in [0.5, 0.6) is 0 Å². The van der Waals surface area contributed by atoms with Gasteiger partial charge in [0.2, 0.25) is 6.41 Å². The number of benzene rings is 1. The second kappa shape index (κ2) is 13.2. The highest BCUT2D eigenvalue weighted by molar-refractivity contribution is 7.10. The van der Waals surface area contributed by atoms with Crippen molar-refractivity contribution in [3.8, 4) is 11.3 Å². The van der Waals surface area contributed by atoms with Crippen LogP contribution in [0.1, 0.15) is 38.1 Å². The Morgan fingerprint density at radius 3 is 2.85 bits per heavy atom. The van der Waals surface area contributed by atoms with Crippen LogP contribution in [0.15, 0.2) is 55.1 Å². The number of hydrogen-bond acceptors (Lipinski definition) is 8. The van der Waals surface area contributed by atoms with Crippen molar-refractivity contribution in [3.05, 3.63) is 71.5 Å². The summed E-state index contributed by atoms with van der Waals surface area (Å²) in [5, 5.41) is 11.9. The Kier molecular flexibility index (Phi) is 9.28. The van der Waals surface area contributed by atoms with E-state index in [1.807, 2.05) is 36.4 Å². The lowest BCUT2D eigenvalue weighted by molar-refractivity contribution is -0.105. The number of anilines is 3. The number of carbonyl (C=O) groups excluding carboxylic acids is 1. The fourth-order valence-corrected chi connectivity index (χ4v) is 5.79. The van der Waals surface area contributed by atoms with Gasteiger partial charge >= 0.3 is 0 Å². The van der Waals surface area contributed by atoms with E-state index in [-0.39, 0.29) is 0 Å². The van der Waals surface area contributed by atoms with Crippen LogP contribution in [0, 0.1) is 12.8 Å². The van der Waals surface area contributed by atoms with Gasteiger partial charge in [-0.1, -0.05) is 24.6 Å². The van der Waals surface area contributed by atoms with Crippen molar-refractivity contribution in [1.29, 1.82) is 0 Å². The minimum atomic E-state index is 0.617. The normalized spacial score (nSPS) is 15.4. The maximum atomic E-state index is 9.93. The van der Waals surface area contributed by atoms with Crippen LogP contribution >= 0.6 is 23.1 Å². The predicted molar refractivity (Wildman–Crippen MR) is 165 cm³/mol. The van der Waals surface area contributed by atoms with E-state index < -0.39 is 0 Å². The number of aryl methyl sites for hydroxylation is 2. The quantitative estimate of drug-likeness (QED) is 0.205. The van der Waals surface area contributed by atoms with E-state index in [4.69, 9.17) is 16.6 Å². The minimum Gasteiger partial charge on any atom is -0.329 e. The lowest BCUT2D eigenvalue weighted by Gasteiger charge is -2.30. The van der Waals surface area contributed by atoms with Crippen LogP contribution in [0.2, 0.25) is 5.02 Å². The number of piperidine rings is 1. The van der Waals surface area contributed by atoms with Crippen molar-refractivity contribution >= 4 is 51.7 Å². The van der Waals surface area contributed by atoms with Crippen molar-refractivity contribution in [2.24, 2.45) is 5.92 Å². The van der Waals surface area contributed by atoms with Gasteiger partial charge in [0.15, 0.2) is 11.5 Å². The summed E-state index contributed by atoms with van der Waals surface area (Å²) in [6.45, 7) is 10.5. The molecule has 1 saturated heterocycles. The molecule has 0 saturated carbocycles. The molecule has 1 aliphatic rings. The highest BCUT2D eigenvalue weighted by atomic mass is 35.5. The minimum absolute atomic E-state index is 0.617. The van der Waals surface area contributed by atoms with E-state index in [9.17, 15) is 4.79 Å². The first-order chi connectivity index (χ1) is 19.9. The highest BCUT2D eigenvalue weighted by Crippen LogP contribution is 2.28. The van der Waals surface area contributed by atoms with Crippen LogP contribution in [0.3, 0.4) is 0 Å². The predicted octanol–water partition coefficient (Wildman–Crippen LogP) is 6.26. The number of hydrogen-bond donors (Lipinski definition) is 2. The van der Waals surface area contributed by atoms with Crippen molar-refractivity contribution in [3.63, 3.8) is 0 Å². The summed E-state index contributed by atoms with van der Waals surface area (Å²) in [7, 11) is 0. The molecule has 1 amide bonds. The van der Waals surface area contributed by atoms with Gasteiger partial charge in [0.05, 0.1) is 29.5 Å². The van der Waals surface area contributed by atoms with Crippen LogP contribution in [-0.2, 0) is 17.9 Å². The van der Waals surface area contributed by atoms with Crippen molar-refractivity contribution in [2.75, 3.05) is 23.7 Å². The average molecular weight is 592 g/mol. The van der Waals surface area contributed by atoms with Gasteiger partial charge in [0, 0.05) is 48.3 Å². The lowest BCUT2D eigenvalue weighted by Crippen LogP contribution is -2.33. The van der Waals surface area contributed by atoms with E-state index in [2.05, 4.69) is 54.3 Å². The van der Waals surface area contributed by atoms with Gasteiger partial charge in [-0.15, -0.1) is 0 Å². The van der Waals surface area contributed by atoms with E-state index >= 15 is 0 Å². The summed E-state index contributed by atoms with van der Waals surface area (Å²) < 4.78 is 8.67. The first-order valence-electron chi connectivity index (χ1n) is 13.7. The number of nitrogens with zero attached hydrogens (tertiary/aromatic N) is 7. The lowest BCUT2D eigenvalue weighted by atomic mass is 10.0. The molecular weight excluding hydrogens is 558 g/mol. The number of likely N-dealkylation sites (tertiary alicyclic amines) is 1. The Morgan fingerprint density at radius 1 is 1.22 bits per heavy atom. The van der Waals surface area contributed by atoms with Crippen molar-refractivity contribution < 1.29 is 4.79 Å². The zero-order chi connectivity index (χ0) is 28.8. The Balaban J connectivity index is 0.000000287. The number of amides is 1. The molecule has 5 aromatic rings. The number of imidazole rings is 1. The Bertz CT molecular complexity index is 1610. The molecule has 1 unspecified atom stereocenters. The molecule has 214 valence electrons. The monoisotopic (exact) mass is 591 g/mol. The van der Waals surface area contributed by atoms with Gasteiger partial charge in [-0.25, -0.2) is 9.97 Å². The summed E-state index contributed by atoms with van der Waals surface area (Å²) in [6.07, 6.45) is 11.1. The van der Waals surface area contributed by atoms with Gasteiger partial charge in [-0.05, 0) is 74.9 Å². The van der Waals surface area contributed by atoms with E-state index in [0.29, 0.717) is 17.1 Å². The third-order valence-electron chi connectivity index (χ3n) is 6.84. The maximum absolute atomic E-state index is 9.93. The van der Waals surface area contributed by atoms with E-state index in [1.54, 1.807) is 24.3 Å². The Hall–Kier alpha value is -3.80. The first kappa shape index (κ1) is 28.7. The summed E-state index contributed by atoms with van der Waals surface area (Å²) in [5.41, 5.74) is 5.59. The van der Waals surface area contributed by atoms with Gasteiger partial charge in [-0.3, -0.25) is 18.8 Å². The third-order valence-corrected chi connectivity index (χ3v) is 7.82. The van der Waals surface area contributed by atoms with Crippen molar-refractivity contribution in [2.45, 2.75) is 46.7 Å². The van der Waals surface area contributed by atoms with Gasteiger partial charge in [0.1, 0.15) is 5.00 Å². The summed E-state index contributed by atoms with van der Waals surface area (Å²) in [4.78, 5) is 21.8. The second-order valence-electron chi connectivity index (χ2n) is 10.2. The van der Waals surface area contributed by atoms with Gasteiger partial charge in [-0.2, -0.15) is 9.47 Å². The van der Waals surface area contributed by atoms with Crippen LogP contribution in [0.25, 0.3) is 16.9 Å². The molecule has 6 rings (SSSR count). The fourth-order valence-electron chi connectivity index (χ4n) is 4.94. The van der Waals surface area contributed by atoms with E-state index in [0.717, 1.165) is 71.2 Å². The molecule has 1 fully saturated rings. The smallest absolute Gasteiger partial charge is 0.211 e. The zero-order valence-corrected chi connectivity index (χ0v) is 25.0. The fraction of sp³-hybridized carbons (Fsp3) is 0.345. The molecule has 1 atom stereocenters. The highest BCUT2D eigenvalue weighted by Gasteiger charge is 2.18. The molecule has 5 heterocycles. The SMILES string of the molecule is CCn1cc(-c2cnc3c(Nc4cc(CN5CCCC(C)C5)ns4)nc(C)cn23)cn1.O=CNc1cccc(Cl)c1. The standard InChI is InChI=1S/C22H28N8S.C7H6ClNO/c1-4-29-13-17(9-24-29)19-10-23-22-21(25-16(3)12-30(19)22)26-20-8-18(27-31-20)14-28-7-5-6-15(2)11-28;8-6-2-1-3-7(4-6)9-5-10/h8-10,12-13,15H,4-7,11,14H2,1-3H3,(H,25,26);1-5H,(H,9,10). The largest absolute Gasteiger partial charge is 0.329 e.